The second-order valence-electron chi connectivity index (χ2n) is 7.18. The largest absolute Gasteiger partial charge is 0.466 e. The molecule has 0 bridgehead atoms. The molecular formula is C21H23N5O5. The molecule has 0 saturated carbocycles. The minimum absolute atomic E-state index is 0.0349. The normalized spacial score (nSPS) is 12.9. The van der Waals surface area contributed by atoms with Crippen LogP contribution in [0, 0.1) is 0 Å². The third-order valence-electron chi connectivity index (χ3n) is 4.99. The topological polar surface area (TPSA) is 132 Å². The average molecular weight is 425 g/mol. The first-order valence-corrected chi connectivity index (χ1v) is 10.3. The molecule has 10 nitrogen and oxygen atoms in total. The van der Waals surface area contributed by atoms with E-state index in [-0.39, 0.29) is 36.9 Å². The lowest BCUT2D eigenvalue weighted by atomic mass is 9.97. The van der Waals surface area contributed by atoms with Crippen molar-refractivity contribution in [3.8, 4) is 17.4 Å². The summed E-state index contributed by atoms with van der Waals surface area (Å²) in [5.74, 6) is 0.188. The van der Waals surface area contributed by atoms with Crippen molar-refractivity contribution >= 4 is 17.7 Å². The summed E-state index contributed by atoms with van der Waals surface area (Å²) in [7, 11) is 0. The molecule has 0 saturated heterocycles. The van der Waals surface area contributed by atoms with Crippen LogP contribution in [0.15, 0.2) is 33.7 Å². The van der Waals surface area contributed by atoms with Crippen molar-refractivity contribution in [3.05, 3.63) is 46.1 Å². The zero-order valence-corrected chi connectivity index (χ0v) is 17.1. The molecule has 0 fully saturated rings. The lowest BCUT2D eigenvalue weighted by Crippen LogP contribution is -2.25. The number of aromatic amines is 1. The fraction of sp³-hybridized carbons (Fsp3) is 0.381. The summed E-state index contributed by atoms with van der Waals surface area (Å²) in [4.78, 5) is 43.9. The van der Waals surface area contributed by atoms with Gasteiger partial charge in [-0.1, -0.05) is 0 Å². The number of aromatic nitrogens is 4. The molecule has 0 aliphatic heterocycles. The van der Waals surface area contributed by atoms with E-state index in [0.717, 1.165) is 25.0 Å². The Morgan fingerprint density at radius 2 is 2.13 bits per heavy atom. The van der Waals surface area contributed by atoms with Crippen LogP contribution >= 0.6 is 0 Å². The van der Waals surface area contributed by atoms with Crippen LogP contribution in [0.25, 0.3) is 17.4 Å². The number of nitrogens with one attached hydrogen (secondary N) is 2. The van der Waals surface area contributed by atoms with E-state index in [0.29, 0.717) is 29.3 Å². The number of esters is 1. The number of furan rings is 1. The number of nitrogens with zero attached hydrogens (tertiary/aromatic N) is 3. The molecule has 3 aromatic heterocycles. The molecule has 4 rings (SSSR count). The molecule has 0 radical (unpaired) electrons. The molecule has 1 amide bonds. The summed E-state index contributed by atoms with van der Waals surface area (Å²) in [6, 6.07) is 5.09. The molecule has 2 N–H and O–H groups in total. The van der Waals surface area contributed by atoms with Crippen molar-refractivity contribution in [1.29, 1.82) is 0 Å². The van der Waals surface area contributed by atoms with E-state index in [1.807, 2.05) is 0 Å². The molecule has 31 heavy (non-hydrogen) atoms. The number of rotatable bonds is 7. The molecule has 0 spiro atoms. The van der Waals surface area contributed by atoms with Crippen molar-refractivity contribution in [2.75, 3.05) is 11.9 Å². The highest BCUT2D eigenvalue weighted by atomic mass is 16.5. The van der Waals surface area contributed by atoms with E-state index >= 15 is 0 Å². The molecule has 3 heterocycles. The van der Waals surface area contributed by atoms with E-state index < -0.39 is 5.97 Å². The van der Waals surface area contributed by atoms with Gasteiger partial charge in [0.05, 0.1) is 25.0 Å². The highest BCUT2D eigenvalue weighted by Crippen LogP contribution is 2.25. The highest BCUT2D eigenvalue weighted by Gasteiger charge is 2.20. The number of carbonyl (C=O) groups is 2. The van der Waals surface area contributed by atoms with Crippen LogP contribution in [0.5, 0.6) is 0 Å². The third-order valence-corrected chi connectivity index (χ3v) is 4.99. The van der Waals surface area contributed by atoms with Gasteiger partial charge in [-0.15, -0.1) is 0 Å². The Morgan fingerprint density at radius 1 is 1.29 bits per heavy atom. The maximum absolute atomic E-state index is 12.6. The lowest BCUT2D eigenvalue weighted by molar-refractivity contribution is -0.144. The highest BCUT2D eigenvalue weighted by molar-refractivity contribution is 5.92. The number of aryl methyl sites for hydroxylation is 1. The Bertz CT molecular complexity index is 1150. The average Bonchev–Trinajstić information content (AvgIpc) is 3.42. The van der Waals surface area contributed by atoms with Crippen LogP contribution in [0.4, 0.5) is 5.82 Å². The minimum Gasteiger partial charge on any atom is -0.466 e. The van der Waals surface area contributed by atoms with Crippen LogP contribution in [0.2, 0.25) is 0 Å². The van der Waals surface area contributed by atoms with Crippen molar-refractivity contribution in [2.24, 2.45) is 0 Å². The SMILES string of the molecule is CCOC(=O)CCC(=O)Nc1cc(-c2ccco2)nn1-c1nc2c(c(=O)[nH]1)CCCC2. The minimum atomic E-state index is -0.442. The predicted octanol–water partition coefficient (Wildman–Crippen LogP) is 2.38. The van der Waals surface area contributed by atoms with Gasteiger partial charge in [0.25, 0.3) is 5.56 Å². The Morgan fingerprint density at radius 3 is 2.90 bits per heavy atom. The first kappa shape index (κ1) is 20.6. The number of hydrogen-bond acceptors (Lipinski definition) is 7. The first-order valence-electron chi connectivity index (χ1n) is 10.3. The Kier molecular flexibility index (Phi) is 5.96. The third kappa shape index (κ3) is 4.57. The molecule has 3 aromatic rings. The summed E-state index contributed by atoms with van der Waals surface area (Å²) in [6.07, 6.45) is 4.79. The second kappa shape index (κ2) is 8.99. The summed E-state index contributed by atoms with van der Waals surface area (Å²) < 4.78 is 11.6. The first-order chi connectivity index (χ1) is 15.0. The van der Waals surface area contributed by atoms with Gasteiger partial charge in [-0.3, -0.25) is 19.4 Å². The zero-order chi connectivity index (χ0) is 21.8. The molecule has 10 heteroatoms. The van der Waals surface area contributed by atoms with Gasteiger partial charge in [-0.2, -0.15) is 9.78 Å². The van der Waals surface area contributed by atoms with E-state index in [2.05, 4.69) is 20.4 Å². The van der Waals surface area contributed by atoms with Crippen LogP contribution in [-0.2, 0) is 27.2 Å². The van der Waals surface area contributed by atoms with Crippen LogP contribution in [-0.4, -0.2) is 38.2 Å². The van der Waals surface area contributed by atoms with E-state index in [1.54, 1.807) is 25.1 Å². The van der Waals surface area contributed by atoms with Gasteiger partial charge in [0, 0.05) is 18.1 Å². The van der Waals surface area contributed by atoms with Crippen molar-refractivity contribution < 1.29 is 18.7 Å². The summed E-state index contributed by atoms with van der Waals surface area (Å²) in [6.45, 7) is 1.97. The van der Waals surface area contributed by atoms with Gasteiger partial charge in [0.15, 0.2) is 5.76 Å². The maximum atomic E-state index is 12.6. The van der Waals surface area contributed by atoms with Crippen molar-refractivity contribution in [2.45, 2.75) is 45.4 Å². The fourth-order valence-electron chi connectivity index (χ4n) is 3.52. The van der Waals surface area contributed by atoms with Gasteiger partial charge in [0.1, 0.15) is 11.5 Å². The molecule has 162 valence electrons. The smallest absolute Gasteiger partial charge is 0.306 e. The summed E-state index contributed by atoms with van der Waals surface area (Å²) in [5, 5.41) is 7.21. The van der Waals surface area contributed by atoms with Crippen molar-refractivity contribution in [1.82, 2.24) is 19.7 Å². The second-order valence-corrected chi connectivity index (χ2v) is 7.18. The van der Waals surface area contributed by atoms with Gasteiger partial charge in [-0.05, 0) is 44.7 Å². The number of amides is 1. The predicted molar refractivity (Wildman–Crippen MR) is 111 cm³/mol. The number of fused-ring (bicyclic) bond motifs is 1. The number of ether oxygens (including phenoxy) is 1. The Labute approximate surface area is 177 Å². The summed E-state index contributed by atoms with van der Waals surface area (Å²) in [5.41, 5.74) is 1.72. The zero-order valence-electron chi connectivity index (χ0n) is 17.1. The molecule has 0 unspecified atom stereocenters. The Hall–Kier alpha value is -3.69. The molecule has 0 atom stereocenters. The lowest BCUT2D eigenvalue weighted by Gasteiger charge is -2.15. The van der Waals surface area contributed by atoms with Gasteiger partial charge in [0.2, 0.25) is 11.9 Å². The van der Waals surface area contributed by atoms with Crippen LogP contribution < -0.4 is 10.9 Å². The van der Waals surface area contributed by atoms with E-state index in [1.165, 1.54) is 10.9 Å². The molecule has 1 aliphatic carbocycles. The van der Waals surface area contributed by atoms with E-state index in [4.69, 9.17) is 9.15 Å². The monoisotopic (exact) mass is 425 g/mol. The standard InChI is InChI=1S/C21H23N5O5/c1-2-30-19(28)10-9-18(27)23-17-12-15(16-8-5-11-31-16)25-26(17)21-22-14-7-4-3-6-13(14)20(29)24-21/h5,8,11-12H,2-4,6-7,9-10H2,1H3,(H,23,27)(H,22,24,29). The van der Waals surface area contributed by atoms with Gasteiger partial charge >= 0.3 is 5.97 Å². The maximum Gasteiger partial charge on any atom is 0.306 e. The van der Waals surface area contributed by atoms with Crippen LogP contribution in [0.3, 0.4) is 0 Å². The number of hydrogen-bond donors (Lipinski definition) is 2. The quantitative estimate of drug-likeness (QED) is 0.555. The number of anilines is 1. The molecule has 0 aromatic carbocycles. The number of H-pyrrole nitrogens is 1. The van der Waals surface area contributed by atoms with E-state index in [9.17, 15) is 14.4 Å². The number of carbonyl (C=O) groups excluding carboxylic acids is 2. The molecule has 1 aliphatic rings. The van der Waals surface area contributed by atoms with Crippen LogP contribution in [0.1, 0.15) is 43.9 Å². The molecular weight excluding hydrogens is 402 g/mol. The van der Waals surface area contributed by atoms with Gasteiger partial charge < -0.3 is 14.5 Å². The van der Waals surface area contributed by atoms with Gasteiger partial charge in [-0.25, -0.2) is 4.98 Å². The fourth-order valence-corrected chi connectivity index (χ4v) is 3.52. The summed E-state index contributed by atoms with van der Waals surface area (Å²) >= 11 is 0. The Balaban J connectivity index is 1.65. The van der Waals surface area contributed by atoms with Crippen molar-refractivity contribution in [3.63, 3.8) is 0 Å².